The van der Waals surface area contributed by atoms with Crippen LogP contribution in [0, 0.1) is 0 Å². The molecule has 1 fully saturated rings. The molecule has 2 aliphatic rings. The Hall–Kier alpha value is -1.84. The van der Waals surface area contributed by atoms with Gasteiger partial charge in [0.2, 0.25) is 5.91 Å². The minimum absolute atomic E-state index is 0.00884. The second kappa shape index (κ2) is 4.62. The van der Waals surface area contributed by atoms with E-state index in [1.165, 1.54) is 5.56 Å². The van der Waals surface area contributed by atoms with Gasteiger partial charge >= 0.3 is 5.97 Å². The number of nitrogens with zero attached hydrogens (tertiary/aromatic N) is 1. The molecule has 20 heavy (non-hydrogen) atoms. The molecule has 0 spiro atoms. The summed E-state index contributed by atoms with van der Waals surface area (Å²) >= 11 is 0. The minimum atomic E-state index is -0.985. The van der Waals surface area contributed by atoms with E-state index < -0.39 is 11.5 Å². The van der Waals surface area contributed by atoms with Gasteiger partial charge in [-0.2, -0.15) is 0 Å². The minimum Gasteiger partial charge on any atom is -0.479 e. The summed E-state index contributed by atoms with van der Waals surface area (Å²) in [6.45, 7) is 2.42. The first-order chi connectivity index (χ1) is 9.60. The molecule has 4 heteroatoms. The molecule has 1 heterocycles. The van der Waals surface area contributed by atoms with Crippen LogP contribution < -0.4 is 0 Å². The highest BCUT2D eigenvalue weighted by Gasteiger charge is 2.50. The zero-order valence-corrected chi connectivity index (χ0v) is 11.6. The Labute approximate surface area is 118 Å². The standard InChI is InChI=1S/C16H19NO3/c1-2-16(15(19)20)8-5-9-17(16)14(18)13-10-11-6-3-4-7-12(11)13/h3-4,6-7,13H,2,5,8-10H2,1H3,(H,19,20). The predicted octanol–water partition coefficient (Wildman–Crippen LogP) is 2.18. The number of amides is 1. The molecule has 3 rings (SSSR count). The summed E-state index contributed by atoms with van der Waals surface area (Å²) in [5, 5.41) is 9.56. The van der Waals surface area contributed by atoms with Crippen LogP contribution in [0.25, 0.3) is 0 Å². The Balaban J connectivity index is 1.87. The number of aliphatic carboxylic acids is 1. The van der Waals surface area contributed by atoms with E-state index in [0.717, 1.165) is 18.4 Å². The van der Waals surface area contributed by atoms with Crippen molar-refractivity contribution in [3.63, 3.8) is 0 Å². The summed E-state index contributed by atoms with van der Waals surface area (Å²) in [5.74, 6) is -1.02. The van der Waals surface area contributed by atoms with Crippen LogP contribution in [-0.4, -0.2) is 34.0 Å². The van der Waals surface area contributed by atoms with Gasteiger partial charge in [-0.15, -0.1) is 0 Å². The van der Waals surface area contributed by atoms with Gasteiger partial charge in [-0.1, -0.05) is 31.2 Å². The summed E-state index contributed by atoms with van der Waals surface area (Å²) in [5.41, 5.74) is 1.30. The van der Waals surface area contributed by atoms with Gasteiger partial charge in [0.05, 0.1) is 5.92 Å². The number of rotatable bonds is 3. The monoisotopic (exact) mass is 273 g/mol. The van der Waals surface area contributed by atoms with E-state index >= 15 is 0 Å². The van der Waals surface area contributed by atoms with Crippen LogP contribution >= 0.6 is 0 Å². The highest BCUT2D eigenvalue weighted by atomic mass is 16.4. The van der Waals surface area contributed by atoms with Crippen LogP contribution in [0.2, 0.25) is 0 Å². The molecule has 0 saturated carbocycles. The molecule has 1 amide bonds. The summed E-state index contributed by atoms with van der Waals surface area (Å²) < 4.78 is 0. The molecule has 2 atom stereocenters. The molecule has 106 valence electrons. The number of hydrogen-bond acceptors (Lipinski definition) is 2. The van der Waals surface area contributed by atoms with Crippen molar-refractivity contribution in [1.82, 2.24) is 4.90 Å². The normalized spacial score (nSPS) is 27.9. The molecular weight excluding hydrogens is 254 g/mol. The molecule has 1 aliphatic heterocycles. The fraction of sp³-hybridized carbons (Fsp3) is 0.500. The number of carboxylic acids is 1. The van der Waals surface area contributed by atoms with Gasteiger partial charge in [-0.3, -0.25) is 4.79 Å². The maximum atomic E-state index is 12.7. The van der Waals surface area contributed by atoms with Crippen molar-refractivity contribution in [3.8, 4) is 0 Å². The van der Waals surface area contributed by atoms with Crippen LogP contribution in [0.5, 0.6) is 0 Å². The van der Waals surface area contributed by atoms with E-state index in [-0.39, 0.29) is 11.8 Å². The molecule has 0 aromatic heterocycles. The van der Waals surface area contributed by atoms with Crippen LogP contribution in [0.15, 0.2) is 24.3 Å². The van der Waals surface area contributed by atoms with E-state index in [4.69, 9.17) is 0 Å². The first-order valence-electron chi connectivity index (χ1n) is 7.23. The summed E-state index contributed by atoms with van der Waals surface area (Å²) in [6, 6.07) is 7.93. The number of likely N-dealkylation sites (tertiary alicyclic amines) is 1. The van der Waals surface area contributed by atoms with Gasteiger partial charge in [0.1, 0.15) is 5.54 Å². The molecule has 1 aromatic carbocycles. The van der Waals surface area contributed by atoms with Crippen LogP contribution in [0.3, 0.4) is 0 Å². The lowest BCUT2D eigenvalue weighted by Gasteiger charge is -2.39. The molecular formula is C16H19NO3. The van der Waals surface area contributed by atoms with Crippen LogP contribution in [0.4, 0.5) is 0 Å². The van der Waals surface area contributed by atoms with Crippen molar-refractivity contribution < 1.29 is 14.7 Å². The Morgan fingerprint density at radius 1 is 1.40 bits per heavy atom. The van der Waals surface area contributed by atoms with Crippen LogP contribution in [0.1, 0.15) is 43.2 Å². The zero-order chi connectivity index (χ0) is 14.3. The number of carbonyl (C=O) groups excluding carboxylic acids is 1. The van der Waals surface area contributed by atoms with E-state index in [0.29, 0.717) is 19.4 Å². The van der Waals surface area contributed by atoms with Crippen molar-refractivity contribution in [1.29, 1.82) is 0 Å². The third-order valence-electron chi connectivity index (χ3n) is 4.89. The Morgan fingerprint density at radius 2 is 2.15 bits per heavy atom. The molecule has 4 nitrogen and oxygen atoms in total. The fourth-order valence-electron chi connectivity index (χ4n) is 3.61. The lowest BCUT2D eigenvalue weighted by Crippen LogP contribution is -2.54. The molecule has 0 bridgehead atoms. The van der Waals surface area contributed by atoms with Crippen molar-refractivity contribution in [3.05, 3.63) is 35.4 Å². The highest BCUT2D eigenvalue weighted by molar-refractivity contribution is 5.92. The third-order valence-corrected chi connectivity index (χ3v) is 4.89. The first kappa shape index (κ1) is 13.2. The molecule has 1 saturated heterocycles. The molecule has 1 N–H and O–H groups in total. The highest BCUT2D eigenvalue weighted by Crippen LogP contribution is 2.41. The third kappa shape index (κ3) is 1.67. The predicted molar refractivity (Wildman–Crippen MR) is 74.5 cm³/mol. The average Bonchev–Trinajstić information content (AvgIpc) is 2.85. The van der Waals surface area contributed by atoms with Gasteiger partial charge in [0.25, 0.3) is 0 Å². The van der Waals surface area contributed by atoms with Crippen molar-refractivity contribution >= 4 is 11.9 Å². The number of benzene rings is 1. The van der Waals surface area contributed by atoms with Gasteiger partial charge in [0, 0.05) is 6.54 Å². The number of hydrogen-bond donors (Lipinski definition) is 1. The van der Waals surface area contributed by atoms with Crippen LogP contribution in [-0.2, 0) is 16.0 Å². The van der Waals surface area contributed by atoms with Gasteiger partial charge < -0.3 is 10.0 Å². The second-order valence-corrected chi connectivity index (χ2v) is 5.74. The molecule has 2 unspecified atom stereocenters. The number of fused-ring (bicyclic) bond motifs is 1. The molecule has 0 radical (unpaired) electrons. The molecule has 1 aliphatic carbocycles. The van der Waals surface area contributed by atoms with Crippen molar-refractivity contribution in [2.24, 2.45) is 0 Å². The summed E-state index contributed by atoms with van der Waals surface area (Å²) in [7, 11) is 0. The Bertz CT molecular complexity index is 569. The summed E-state index contributed by atoms with van der Waals surface area (Å²) in [4.78, 5) is 26.0. The number of carbonyl (C=O) groups is 2. The Kier molecular flexibility index (Phi) is 3.04. The fourth-order valence-corrected chi connectivity index (χ4v) is 3.61. The van der Waals surface area contributed by atoms with E-state index in [1.54, 1.807) is 4.90 Å². The number of carboxylic acid groups (broad SMARTS) is 1. The SMILES string of the molecule is CCC1(C(=O)O)CCCN1C(=O)C1Cc2ccccc21. The maximum Gasteiger partial charge on any atom is 0.329 e. The van der Waals surface area contributed by atoms with Crippen molar-refractivity contribution in [2.75, 3.05) is 6.54 Å². The Morgan fingerprint density at radius 3 is 2.80 bits per heavy atom. The maximum absolute atomic E-state index is 12.7. The van der Waals surface area contributed by atoms with Gasteiger partial charge in [-0.05, 0) is 36.8 Å². The topological polar surface area (TPSA) is 57.6 Å². The lowest BCUT2D eigenvalue weighted by atomic mass is 9.76. The van der Waals surface area contributed by atoms with E-state index in [2.05, 4.69) is 0 Å². The van der Waals surface area contributed by atoms with Crippen molar-refractivity contribution in [2.45, 2.75) is 44.1 Å². The van der Waals surface area contributed by atoms with E-state index in [1.807, 2.05) is 31.2 Å². The van der Waals surface area contributed by atoms with Gasteiger partial charge in [0.15, 0.2) is 0 Å². The first-order valence-corrected chi connectivity index (χ1v) is 7.23. The quantitative estimate of drug-likeness (QED) is 0.918. The average molecular weight is 273 g/mol. The summed E-state index contributed by atoms with van der Waals surface area (Å²) in [6.07, 6.45) is 2.56. The zero-order valence-electron chi connectivity index (χ0n) is 11.6. The largest absolute Gasteiger partial charge is 0.479 e. The van der Waals surface area contributed by atoms with E-state index in [9.17, 15) is 14.7 Å². The lowest BCUT2D eigenvalue weighted by molar-refractivity contribution is -0.157. The molecule has 1 aromatic rings. The second-order valence-electron chi connectivity index (χ2n) is 5.74. The smallest absolute Gasteiger partial charge is 0.329 e. The van der Waals surface area contributed by atoms with Gasteiger partial charge in [-0.25, -0.2) is 4.79 Å².